The van der Waals surface area contributed by atoms with Crippen molar-refractivity contribution in [2.24, 2.45) is 0 Å². The van der Waals surface area contributed by atoms with Crippen LogP contribution in [0.1, 0.15) is 18.7 Å². The van der Waals surface area contributed by atoms with E-state index in [0.717, 1.165) is 0 Å². The molecule has 0 aliphatic carbocycles. The first kappa shape index (κ1) is 18.1. The maximum absolute atomic E-state index is 13.7. The average molecular weight is 333 g/mol. The lowest BCUT2D eigenvalue weighted by Gasteiger charge is -2.10. The van der Waals surface area contributed by atoms with E-state index in [0.29, 0.717) is 12.1 Å². The second kappa shape index (κ2) is 6.04. The lowest BCUT2D eigenvalue weighted by Crippen LogP contribution is -2.36. The Balaban J connectivity index is 0.00000264. The lowest BCUT2D eigenvalue weighted by atomic mass is 10.2. The van der Waals surface area contributed by atoms with Crippen LogP contribution in [0.15, 0.2) is 27.8 Å². The fraction of sp³-hybridized carbons (Fsp3) is 0.154. The van der Waals surface area contributed by atoms with Crippen molar-refractivity contribution in [1.29, 1.82) is 5.26 Å². The van der Waals surface area contributed by atoms with E-state index < -0.39 is 46.0 Å². The summed E-state index contributed by atoms with van der Waals surface area (Å²) in [5, 5.41) is 8.52. The Hall–Kier alpha value is -2.96. The number of hydrogen-bond acceptors (Lipinski definition) is 3. The molecule has 0 spiro atoms. The molecular formula is C13H8F5N3O2. The second-order valence-corrected chi connectivity index (χ2v) is 4.05. The van der Waals surface area contributed by atoms with Crippen molar-refractivity contribution < 1.29 is 22.0 Å². The number of alkyl halides is 3. The van der Waals surface area contributed by atoms with Gasteiger partial charge in [0.1, 0.15) is 23.4 Å². The van der Waals surface area contributed by atoms with Crippen molar-refractivity contribution >= 4 is 0 Å². The van der Waals surface area contributed by atoms with Gasteiger partial charge in [0.05, 0.1) is 11.3 Å². The highest BCUT2D eigenvalue weighted by Crippen LogP contribution is 2.25. The van der Waals surface area contributed by atoms with E-state index >= 15 is 0 Å². The smallest absolute Gasteiger partial charge is 0.303 e. The predicted molar refractivity (Wildman–Crippen MR) is 69.0 cm³/mol. The van der Waals surface area contributed by atoms with Gasteiger partial charge in [-0.25, -0.2) is 18.1 Å². The summed E-state index contributed by atoms with van der Waals surface area (Å²) in [5.74, 6) is -2.55. The minimum absolute atomic E-state index is 0. The number of rotatable bonds is 1. The topological polar surface area (TPSA) is 78.7 Å². The van der Waals surface area contributed by atoms with E-state index in [4.69, 9.17) is 5.26 Å². The molecule has 0 saturated carbocycles. The van der Waals surface area contributed by atoms with Gasteiger partial charge in [0.2, 0.25) is 0 Å². The van der Waals surface area contributed by atoms with Crippen LogP contribution in [0.2, 0.25) is 0 Å². The van der Waals surface area contributed by atoms with Crippen molar-refractivity contribution in [1.82, 2.24) is 9.55 Å². The van der Waals surface area contributed by atoms with Crippen molar-refractivity contribution in [3.05, 3.63) is 61.9 Å². The summed E-state index contributed by atoms with van der Waals surface area (Å²) < 4.78 is 64.5. The molecule has 1 heterocycles. The molecule has 23 heavy (non-hydrogen) atoms. The summed E-state index contributed by atoms with van der Waals surface area (Å²) in [6.45, 7) is 0. The molecule has 0 radical (unpaired) electrons. The summed E-state index contributed by atoms with van der Waals surface area (Å²) in [6, 6.07) is 2.17. The monoisotopic (exact) mass is 333 g/mol. The van der Waals surface area contributed by atoms with Gasteiger partial charge in [0, 0.05) is 12.1 Å². The second-order valence-electron chi connectivity index (χ2n) is 4.05. The molecule has 2 aromatic rings. The lowest BCUT2D eigenvalue weighted by molar-refractivity contribution is -0.141. The van der Waals surface area contributed by atoms with Crippen molar-refractivity contribution in [3.63, 3.8) is 0 Å². The van der Waals surface area contributed by atoms with Crippen LogP contribution >= 0.6 is 0 Å². The maximum Gasteiger partial charge on any atom is 0.431 e. The first-order valence-electron chi connectivity index (χ1n) is 5.48. The molecule has 122 valence electrons. The van der Waals surface area contributed by atoms with Crippen LogP contribution in [0.25, 0.3) is 5.69 Å². The quantitative estimate of drug-likeness (QED) is 0.814. The Labute approximate surface area is 125 Å². The van der Waals surface area contributed by atoms with E-state index in [9.17, 15) is 31.5 Å². The number of nitrogens with one attached hydrogen (secondary N) is 1. The third-order valence-electron chi connectivity index (χ3n) is 2.64. The highest BCUT2D eigenvalue weighted by atomic mass is 19.4. The fourth-order valence-electron chi connectivity index (χ4n) is 1.67. The molecule has 5 nitrogen and oxygen atoms in total. The molecule has 1 aromatic heterocycles. The summed E-state index contributed by atoms with van der Waals surface area (Å²) in [6.07, 6.45) is -4.98. The van der Waals surface area contributed by atoms with Crippen LogP contribution in [-0.4, -0.2) is 9.55 Å². The van der Waals surface area contributed by atoms with Crippen LogP contribution in [0, 0.1) is 23.0 Å². The van der Waals surface area contributed by atoms with Gasteiger partial charge in [0.25, 0.3) is 5.56 Å². The first-order chi connectivity index (χ1) is 10.1. The molecule has 10 heteroatoms. The zero-order chi connectivity index (χ0) is 16.7. The van der Waals surface area contributed by atoms with E-state index in [1.165, 1.54) is 11.1 Å². The number of benzene rings is 1. The van der Waals surface area contributed by atoms with Gasteiger partial charge in [-0.2, -0.15) is 18.4 Å². The van der Waals surface area contributed by atoms with E-state index in [1.807, 2.05) is 0 Å². The van der Waals surface area contributed by atoms with E-state index in [1.54, 1.807) is 0 Å². The Morgan fingerprint density at radius 1 is 1.09 bits per heavy atom. The number of aromatic amines is 1. The number of nitriles is 1. The number of aromatic nitrogens is 2. The zero-order valence-corrected chi connectivity index (χ0v) is 10.3. The third kappa shape index (κ3) is 3.28. The number of halogens is 5. The highest BCUT2D eigenvalue weighted by Gasteiger charge is 2.33. The Kier molecular flexibility index (Phi) is 4.75. The van der Waals surface area contributed by atoms with Gasteiger partial charge in [-0.1, -0.05) is 7.43 Å². The molecule has 1 N–H and O–H groups in total. The molecule has 2 rings (SSSR count). The standard InChI is InChI=1S/C12H4F5N3O2.CH4/c13-6-2-8(7(14)1-5(6)4-18)20-10(21)3-9(12(15,16)17)19-11(20)22;/h1-3H,(H,19,22);1H4. The summed E-state index contributed by atoms with van der Waals surface area (Å²) >= 11 is 0. The van der Waals surface area contributed by atoms with Crippen LogP contribution in [0.3, 0.4) is 0 Å². The van der Waals surface area contributed by atoms with Gasteiger partial charge in [-0.3, -0.25) is 4.79 Å². The molecule has 0 unspecified atom stereocenters. The highest BCUT2D eigenvalue weighted by molar-refractivity contribution is 5.42. The summed E-state index contributed by atoms with van der Waals surface area (Å²) in [7, 11) is 0. The molecule has 0 amide bonds. The maximum atomic E-state index is 13.7. The van der Waals surface area contributed by atoms with Crippen LogP contribution < -0.4 is 11.2 Å². The fourth-order valence-corrected chi connectivity index (χ4v) is 1.67. The van der Waals surface area contributed by atoms with E-state index in [-0.39, 0.29) is 18.1 Å². The summed E-state index contributed by atoms with van der Waals surface area (Å²) in [5.41, 5.74) is -6.30. The number of hydrogen-bond donors (Lipinski definition) is 1. The molecule has 0 fully saturated rings. The molecule has 0 saturated heterocycles. The summed E-state index contributed by atoms with van der Waals surface area (Å²) in [4.78, 5) is 24.6. The molecule has 0 aliphatic rings. The predicted octanol–water partition coefficient (Wildman–Crippen LogP) is 2.33. The minimum atomic E-state index is -4.98. The number of H-pyrrole nitrogens is 1. The van der Waals surface area contributed by atoms with Gasteiger partial charge < -0.3 is 4.98 Å². The molecule has 0 atom stereocenters. The third-order valence-corrected chi connectivity index (χ3v) is 2.64. The van der Waals surface area contributed by atoms with E-state index in [2.05, 4.69) is 0 Å². The van der Waals surface area contributed by atoms with Gasteiger partial charge in [-0.05, 0) is 6.07 Å². The van der Waals surface area contributed by atoms with Gasteiger partial charge >= 0.3 is 11.9 Å². The van der Waals surface area contributed by atoms with Crippen LogP contribution in [0.5, 0.6) is 0 Å². The average Bonchev–Trinajstić information content (AvgIpc) is 2.40. The van der Waals surface area contributed by atoms with Crippen molar-refractivity contribution in [3.8, 4) is 11.8 Å². The molecule has 1 aromatic carbocycles. The Morgan fingerprint density at radius 3 is 2.17 bits per heavy atom. The van der Waals surface area contributed by atoms with Crippen molar-refractivity contribution in [2.75, 3.05) is 0 Å². The largest absolute Gasteiger partial charge is 0.431 e. The SMILES string of the molecule is C.N#Cc1cc(F)c(-n2c(=O)cc(C(F)(F)F)[nH]c2=O)cc1F. The minimum Gasteiger partial charge on any atom is -0.303 e. The van der Waals surface area contributed by atoms with Crippen molar-refractivity contribution in [2.45, 2.75) is 13.6 Å². The molecule has 0 aliphatic heterocycles. The Bertz CT molecular complexity index is 875. The number of nitrogens with zero attached hydrogens (tertiary/aromatic N) is 2. The van der Waals surface area contributed by atoms with Gasteiger partial charge in [0.15, 0.2) is 0 Å². The van der Waals surface area contributed by atoms with Gasteiger partial charge in [-0.15, -0.1) is 0 Å². The zero-order valence-electron chi connectivity index (χ0n) is 10.3. The normalized spacial score (nSPS) is 10.8. The van der Waals surface area contributed by atoms with Crippen LogP contribution in [0.4, 0.5) is 22.0 Å². The first-order valence-corrected chi connectivity index (χ1v) is 5.48. The molecular weight excluding hydrogens is 325 g/mol. The Morgan fingerprint density at radius 2 is 1.70 bits per heavy atom. The molecule has 0 bridgehead atoms. The van der Waals surface area contributed by atoms with Crippen LogP contribution in [-0.2, 0) is 6.18 Å².